The van der Waals surface area contributed by atoms with Crippen molar-refractivity contribution in [2.24, 2.45) is 5.92 Å². The Morgan fingerprint density at radius 2 is 2.30 bits per heavy atom. The molecule has 0 saturated carbocycles. The van der Waals surface area contributed by atoms with Crippen LogP contribution < -0.4 is 0 Å². The summed E-state index contributed by atoms with van der Waals surface area (Å²) < 4.78 is 0. The van der Waals surface area contributed by atoms with Gasteiger partial charge in [-0.05, 0) is 54.0 Å². The van der Waals surface area contributed by atoms with Crippen LogP contribution in [0.1, 0.15) is 31.4 Å². The maximum absolute atomic E-state index is 9.82. The molecule has 108 valence electrons. The van der Waals surface area contributed by atoms with Crippen molar-refractivity contribution in [2.45, 2.75) is 38.1 Å². The van der Waals surface area contributed by atoms with E-state index in [1.165, 1.54) is 11.1 Å². The Labute approximate surface area is 126 Å². The van der Waals surface area contributed by atoms with Gasteiger partial charge in [-0.1, -0.05) is 37.6 Å². The standard InChI is InChI=1S/C17H22ClNO/c1-12-16-10-13-4-5-14(20)11-15(13)17(12,2)6-9-19(16)8-3-7-18/h3-5,7,11-12,16,20H,6,8-10H2,1-2H3/b7-3+/t12-,16+,17-/m1/s1. The smallest absolute Gasteiger partial charge is 0.115 e. The molecule has 1 heterocycles. The molecule has 0 amide bonds. The van der Waals surface area contributed by atoms with E-state index in [-0.39, 0.29) is 5.41 Å². The first-order chi connectivity index (χ1) is 9.56. The number of phenolic OH excluding ortho intramolecular Hbond substituents is 1. The maximum Gasteiger partial charge on any atom is 0.115 e. The normalized spacial score (nSPS) is 33.4. The van der Waals surface area contributed by atoms with Gasteiger partial charge in [0.1, 0.15) is 5.75 Å². The first kappa shape index (κ1) is 14.0. The molecule has 1 aliphatic carbocycles. The topological polar surface area (TPSA) is 23.5 Å². The van der Waals surface area contributed by atoms with Crippen LogP contribution in [0.2, 0.25) is 0 Å². The molecule has 1 saturated heterocycles. The quantitative estimate of drug-likeness (QED) is 0.899. The minimum absolute atomic E-state index is 0.179. The van der Waals surface area contributed by atoms with Crippen LogP contribution in [0.4, 0.5) is 0 Å². The maximum atomic E-state index is 9.82. The van der Waals surface area contributed by atoms with Crippen molar-refractivity contribution in [3.63, 3.8) is 0 Å². The fourth-order valence-electron chi connectivity index (χ4n) is 4.10. The summed E-state index contributed by atoms with van der Waals surface area (Å²) in [7, 11) is 0. The largest absolute Gasteiger partial charge is 0.508 e. The number of nitrogens with zero attached hydrogens (tertiary/aromatic N) is 1. The zero-order valence-electron chi connectivity index (χ0n) is 12.1. The number of aromatic hydroxyl groups is 1. The number of likely N-dealkylation sites (tertiary alicyclic amines) is 1. The second-order valence-electron chi connectivity index (χ2n) is 6.43. The third-order valence-corrected chi connectivity index (χ3v) is 5.71. The number of halogens is 1. The molecule has 1 aromatic carbocycles. The second kappa shape index (κ2) is 5.09. The highest BCUT2D eigenvalue weighted by Crippen LogP contribution is 2.49. The number of benzene rings is 1. The van der Waals surface area contributed by atoms with E-state index < -0.39 is 0 Å². The monoisotopic (exact) mass is 291 g/mol. The summed E-state index contributed by atoms with van der Waals surface area (Å²) in [5, 5.41) is 9.82. The van der Waals surface area contributed by atoms with Gasteiger partial charge in [0.05, 0.1) is 0 Å². The summed E-state index contributed by atoms with van der Waals surface area (Å²) in [6, 6.07) is 6.47. The Balaban J connectivity index is 1.99. The van der Waals surface area contributed by atoms with Crippen molar-refractivity contribution in [2.75, 3.05) is 13.1 Å². The zero-order chi connectivity index (χ0) is 14.3. The van der Waals surface area contributed by atoms with Gasteiger partial charge in [0.2, 0.25) is 0 Å². The summed E-state index contributed by atoms with van der Waals surface area (Å²) in [6.07, 6.45) is 4.24. The van der Waals surface area contributed by atoms with Crippen LogP contribution in [0.3, 0.4) is 0 Å². The third kappa shape index (κ3) is 2.06. The minimum atomic E-state index is 0.179. The highest BCUT2D eigenvalue weighted by Gasteiger charge is 2.48. The SMILES string of the molecule is C[C@@H]1[C@@H]2Cc3ccc(O)cc3[C@]1(C)CCN2C/C=C/Cl. The van der Waals surface area contributed by atoms with Crippen LogP contribution in [-0.2, 0) is 11.8 Å². The van der Waals surface area contributed by atoms with E-state index in [9.17, 15) is 5.11 Å². The molecule has 0 unspecified atom stereocenters. The zero-order valence-corrected chi connectivity index (χ0v) is 12.9. The molecule has 0 spiro atoms. The Hall–Kier alpha value is -0.990. The number of rotatable bonds is 2. The van der Waals surface area contributed by atoms with Gasteiger partial charge in [-0.15, -0.1) is 0 Å². The van der Waals surface area contributed by atoms with E-state index in [0.29, 0.717) is 17.7 Å². The molecule has 1 N–H and O–H groups in total. The van der Waals surface area contributed by atoms with E-state index >= 15 is 0 Å². The highest BCUT2D eigenvalue weighted by molar-refractivity contribution is 6.25. The molecule has 1 aliphatic heterocycles. The van der Waals surface area contributed by atoms with E-state index in [1.54, 1.807) is 5.54 Å². The van der Waals surface area contributed by atoms with Crippen LogP contribution >= 0.6 is 11.6 Å². The van der Waals surface area contributed by atoms with Crippen LogP contribution in [0.5, 0.6) is 5.75 Å². The Morgan fingerprint density at radius 1 is 1.50 bits per heavy atom. The van der Waals surface area contributed by atoms with Gasteiger partial charge in [-0.2, -0.15) is 0 Å². The molecule has 1 fully saturated rings. The molecule has 3 rings (SSSR count). The molecule has 3 atom stereocenters. The number of fused-ring (bicyclic) bond motifs is 4. The van der Waals surface area contributed by atoms with Crippen molar-refractivity contribution < 1.29 is 5.11 Å². The molecule has 2 aliphatic rings. The molecule has 2 bridgehead atoms. The van der Waals surface area contributed by atoms with E-state index in [2.05, 4.69) is 24.8 Å². The minimum Gasteiger partial charge on any atom is -0.508 e. The van der Waals surface area contributed by atoms with Gasteiger partial charge >= 0.3 is 0 Å². The summed E-state index contributed by atoms with van der Waals surface area (Å²) in [6.45, 7) is 6.74. The predicted molar refractivity (Wildman–Crippen MR) is 83.3 cm³/mol. The number of hydrogen-bond acceptors (Lipinski definition) is 2. The van der Waals surface area contributed by atoms with Crippen LogP contribution in [0.25, 0.3) is 0 Å². The second-order valence-corrected chi connectivity index (χ2v) is 6.68. The number of piperidine rings is 1. The Morgan fingerprint density at radius 3 is 3.05 bits per heavy atom. The summed E-state index contributed by atoms with van der Waals surface area (Å²) in [4.78, 5) is 2.54. The van der Waals surface area contributed by atoms with Crippen LogP contribution in [0.15, 0.2) is 29.8 Å². The first-order valence-corrected chi connectivity index (χ1v) is 7.81. The summed E-state index contributed by atoms with van der Waals surface area (Å²) >= 11 is 5.68. The van der Waals surface area contributed by atoms with Crippen molar-refractivity contribution in [1.29, 1.82) is 0 Å². The van der Waals surface area contributed by atoms with Gasteiger partial charge in [0.25, 0.3) is 0 Å². The Kier molecular flexibility index (Phi) is 3.55. The van der Waals surface area contributed by atoms with E-state index in [1.807, 2.05) is 18.2 Å². The lowest BCUT2D eigenvalue weighted by Gasteiger charge is -2.54. The van der Waals surface area contributed by atoms with Crippen molar-refractivity contribution in [3.05, 3.63) is 40.9 Å². The van der Waals surface area contributed by atoms with Crippen LogP contribution in [-0.4, -0.2) is 29.1 Å². The molecular weight excluding hydrogens is 270 g/mol. The Bertz CT molecular complexity index is 542. The number of phenols is 1. The van der Waals surface area contributed by atoms with Crippen molar-refractivity contribution in [3.8, 4) is 5.75 Å². The highest BCUT2D eigenvalue weighted by atomic mass is 35.5. The summed E-state index contributed by atoms with van der Waals surface area (Å²) in [5.41, 5.74) is 4.55. The van der Waals surface area contributed by atoms with Gasteiger partial charge < -0.3 is 5.11 Å². The lowest BCUT2D eigenvalue weighted by molar-refractivity contribution is 0.0398. The van der Waals surface area contributed by atoms with Gasteiger partial charge in [-0.25, -0.2) is 0 Å². The van der Waals surface area contributed by atoms with Gasteiger partial charge in [0.15, 0.2) is 0 Å². The summed E-state index contributed by atoms with van der Waals surface area (Å²) in [5.74, 6) is 0.984. The molecule has 3 heteroatoms. The van der Waals surface area contributed by atoms with Crippen molar-refractivity contribution in [1.82, 2.24) is 4.90 Å². The van der Waals surface area contributed by atoms with E-state index in [4.69, 9.17) is 11.6 Å². The lowest BCUT2D eigenvalue weighted by atomic mass is 9.59. The average molecular weight is 292 g/mol. The molecular formula is C17H22ClNO. The third-order valence-electron chi connectivity index (χ3n) is 5.54. The molecule has 0 radical (unpaired) electrons. The lowest BCUT2D eigenvalue weighted by Crippen LogP contribution is -2.57. The molecule has 0 aromatic heterocycles. The molecule has 2 nitrogen and oxygen atoms in total. The molecule has 20 heavy (non-hydrogen) atoms. The van der Waals surface area contributed by atoms with Crippen LogP contribution in [0, 0.1) is 5.92 Å². The fourth-order valence-corrected chi connectivity index (χ4v) is 4.18. The predicted octanol–water partition coefficient (Wildman–Crippen LogP) is 3.67. The molecule has 1 aromatic rings. The van der Waals surface area contributed by atoms with Gasteiger partial charge in [-0.3, -0.25) is 4.90 Å². The fraction of sp³-hybridized carbons (Fsp3) is 0.529. The first-order valence-electron chi connectivity index (χ1n) is 7.38. The van der Waals surface area contributed by atoms with Crippen molar-refractivity contribution >= 4 is 11.6 Å². The van der Waals surface area contributed by atoms with Gasteiger partial charge in [0, 0.05) is 18.1 Å². The average Bonchev–Trinajstić information content (AvgIpc) is 2.43. The van der Waals surface area contributed by atoms with E-state index in [0.717, 1.165) is 25.9 Å². The number of hydrogen-bond donors (Lipinski definition) is 1.